The summed E-state index contributed by atoms with van der Waals surface area (Å²) in [5.74, 6) is 1.01. The average Bonchev–Trinajstić information content (AvgIpc) is 2.87. The van der Waals surface area contributed by atoms with E-state index in [0.29, 0.717) is 6.61 Å². The molecule has 120 valence electrons. The zero-order valence-corrected chi connectivity index (χ0v) is 14.2. The van der Waals surface area contributed by atoms with E-state index in [0.717, 1.165) is 36.7 Å². The van der Waals surface area contributed by atoms with Crippen LogP contribution in [0.4, 0.5) is 4.79 Å². The molecular weight excluding hydrogens is 298 g/mol. The van der Waals surface area contributed by atoms with E-state index in [2.05, 4.69) is 4.98 Å². The first kappa shape index (κ1) is 15.6. The number of rotatable bonds is 3. The van der Waals surface area contributed by atoms with Crippen LogP contribution in [0.15, 0.2) is 18.2 Å². The van der Waals surface area contributed by atoms with Crippen LogP contribution < -0.4 is 0 Å². The molecule has 3 heterocycles. The zero-order valence-electron chi connectivity index (χ0n) is 13.4. The van der Waals surface area contributed by atoms with Crippen LogP contribution in [-0.4, -0.2) is 64.6 Å². The zero-order chi connectivity index (χ0) is 15.7. The number of hydrogen-bond donors (Lipinski definition) is 0. The van der Waals surface area contributed by atoms with E-state index >= 15 is 0 Å². The second-order valence-electron chi connectivity index (χ2n) is 6.43. The number of carbonyl (C=O) groups excluding carboxylic acids is 1. The summed E-state index contributed by atoms with van der Waals surface area (Å²) in [4.78, 5) is 19.9. The van der Waals surface area contributed by atoms with Crippen LogP contribution in [-0.2, 0) is 11.3 Å². The van der Waals surface area contributed by atoms with Crippen molar-refractivity contribution in [3.05, 3.63) is 29.6 Å². The highest BCUT2D eigenvalue weighted by Gasteiger charge is 2.51. The fourth-order valence-corrected chi connectivity index (χ4v) is 4.63. The van der Waals surface area contributed by atoms with Gasteiger partial charge in [0.05, 0.1) is 23.2 Å². The molecule has 2 aliphatic heterocycles. The lowest BCUT2D eigenvalue weighted by Crippen LogP contribution is -2.62. The van der Waals surface area contributed by atoms with Crippen molar-refractivity contribution in [2.45, 2.75) is 30.8 Å². The van der Waals surface area contributed by atoms with Crippen LogP contribution in [0.5, 0.6) is 0 Å². The molecule has 6 heteroatoms. The molecule has 1 spiro atoms. The molecule has 3 rings (SSSR count). The number of carbonyl (C=O) groups is 1. The number of aromatic nitrogens is 1. The second kappa shape index (κ2) is 6.08. The van der Waals surface area contributed by atoms with Crippen LogP contribution in [0.2, 0.25) is 0 Å². The SMILES string of the molecule is Cc1cccc(CO[C@@H]2CSC3(C2)CN(C(=O)N(C)C)C3)n1. The Morgan fingerprint density at radius 2 is 2.27 bits per heavy atom. The summed E-state index contributed by atoms with van der Waals surface area (Å²) in [6.45, 7) is 4.26. The van der Waals surface area contributed by atoms with Gasteiger partial charge in [-0.05, 0) is 25.5 Å². The van der Waals surface area contributed by atoms with Crippen molar-refractivity contribution in [2.24, 2.45) is 0 Å². The summed E-state index contributed by atoms with van der Waals surface area (Å²) in [7, 11) is 3.60. The first-order valence-electron chi connectivity index (χ1n) is 7.62. The molecule has 0 saturated carbocycles. The third-order valence-electron chi connectivity index (χ3n) is 4.20. The van der Waals surface area contributed by atoms with Gasteiger partial charge < -0.3 is 14.5 Å². The minimum absolute atomic E-state index is 0.111. The molecule has 0 N–H and O–H groups in total. The summed E-state index contributed by atoms with van der Waals surface area (Å²) in [6.07, 6.45) is 1.30. The quantitative estimate of drug-likeness (QED) is 0.856. The first-order valence-corrected chi connectivity index (χ1v) is 8.60. The predicted octanol–water partition coefficient (Wildman–Crippen LogP) is 2.15. The van der Waals surface area contributed by atoms with Gasteiger partial charge in [0, 0.05) is 38.6 Å². The predicted molar refractivity (Wildman–Crippen MR) is 88.0 cm³/mol. The van der Waals surface area contributed by atoms with Gasteiger partial charge in [0.25, 0.3) is 0 Å². The summed E-state index contributed by atoms with van der Waals surface area (Å²) in [6, 6.07) is 6.13. The molecular formula is C16H23N3O2S. The van der Waals surface area contributed by atoms with Crippen LogP contribution >= 0.6 is 11.8 Å². The summed E-state index contributed by atoms with van der Waals surface area (Å²) in [5, 5.41) is 0. The second-order valence-corrected chi connectivity index (χ2v) is 7.92. The van der Waals surface area contributed by atoms with Crippen molar-refractivity contribution < 1.29 is 9.53 Å². The highest BCUT2D eigenvalue weighted by atomic mass is 32.2. The fourth-order valence-electron chi connectivity index (χ4n) is 3.08. The molecule has 0 bridgehead atoms. The number of hydrogen-bond acceptors (Lipinski definition) is 4. The van der Waals surface area contributed by atoms with Gasteiger partial charge in [-0.2, -0.15) is 0 Å². The monoisotopic (exact) mass is 321 g/mol. The lowest BCUT2D eigenvalue weighted by Gasteiger charge is -2.48. The fraction of sp³-hybridized carbons (Fsp3) is 0.625. The maximum atomic E-state index is 11.9. The number of aryl methyl sites for hydroxylation is 1. The number of likely N-dealkylation sites (tertiary alicyclic amines) is 1. The van der Waals surface area contributed by atoms with Gasteiger partial charge in [-0.1, -0.05) is 6.07 Å². The maximum absolute atomic E-state index is 11.9. The van der Waals surface area contributed by atoms with Crippen molar-refractivity contribution in [3.63, 3.8) is 0 Å². The Bertz CT molecular complexity index is 558. The minimum atomic E-state index is 0.111. The molecule has 1 atom stereocenters. The van der Waals surface area contributed by atoms with Crippen molar-refractivity contribution in [3.8, 4) is 0 Å². The van der Waals surface area contributed by atoms with Crippen LogP contribution in [0.1, 0.15) is 17.8 Å². The lowest BCUT2D eigenvalue weighted by molar-refractivity contribution is 0.0310. The standard InChI is InChI=1S/C16H23N3O2S/c1-12-5-4-6-13(17-12)8-21-14-7-16(22-9-14)10-19(11-16)15(20)18(2)3/h4-6,14H,7-11H2,1-3H3/t14-/m0/s1. The van der Waals surface area contributed by atoms with E-state index in [1.807, 2.05) is 41.8 Å². The number of amides is 2. The van der Waals surface area contributed by atoms with Gasteiger partial charge in [-0.3, -0.25) is 4.98 Å². The number of urea groups is 1. The van der Waals surface area contributed by atoms with E-state index in [4.69, 9.17) is 4.74 Å². The molecule has 1 aromatic rings. The molecule has 2 saturated heterocycles. The van der Waals surface area contributed by atoms with Crippen LogP contribution in [0.25, 0.3) is 0 Å². The average molecular weight is 321 g/mol. The van der Waals surface area contributed by atoms with Crippen molar-refractivity contribution >= 4 is 17.8 Å². The Kier molecular flexibility index (Phi) is 4.32. The normalized spacial score (nSPS) is 22.7. The minimum Gasteiger partial charge on any atom is -0.371 e. The Balaban J connectivity index is 1.47. The van der Waals surface area contributed by atoms with Crippen LogP contribution in [0, 0.1) is 6.92 Å². The molecule has 0 unspecified atom stereocenters. The van der Waals surface area contributed by atoms with E-state index in [-0.39, 0.29) is 16.9 Å². The Hall–Kier alpha value is -1.27. The van der Waals surface area contributed by atoms with E-state index in [1.54, 1.807) is 19.0 Å². The molecule has 2 aliphatic rings. The molecule has 1 aromatic heterocycles. The van der Waals surface area contributed by atoms with Crippen molar-refractivity contribution in [1.29, 1.82) is 0 Å². The largest absolute Gasteiger partial charge is 0.371 e. The molecule has 5 nitrogen and oxygen atoms in total. The van der Waals surface area contributed by atoms with Crippen LogP contribution in [0.3, 0.4) is 0 Å². The number of thioether (sulfide) groups is 1. The molecule has 2 amide bonds. The third-order valence-corrected chi connectivity index (χ3v) is 5.77. The van der Waals surface area contributed by atoms with E-state index in [9.17, 15) is 4.79 Å². The highest BCUT2D eigenvalue weighted by Crippen LogP contribution is 2.46. The molecule has 2 fully saturated rings. The molecule has 0 aromatic carbocycles. The summed E-state index contributed by atoms with van der Waals surface area (Å²) >= 11 is 1.95. The Labute approximate surface area is 136 Å². The molecule has 22 heavy (non-hydrogen) atoms. The smallest absolute Gasteiger partial charge is 0.319 e. The Morgan fingerprint density at radius 3 is 2.95 bits per heavy atom. The van der Waals surface area contributed by atoms with Gasteiger partial charge in [-0.15, -0.1) is 11.8 Å². The van der Waals surface area contributed by atoms with E-state index < -0.39 is 0 Å². The van der Waals surface area contributed by atoms with Gasteiger partial charge in [0.2, 0.25) is 0 Å². The number of ether oxygens (including phenoxy) is 1. The lowest BCUT2D eigenvalue weighted by atomic mass is 9.93. The van der Waals surface area contributed by atoms with E-state index in [1.165, 1.54) is 0 Å². The number of pyridine rings is 1. The van der Waals surface area contributed by atoms with Crippen molar-refractivity contribution in [2.75, 3.05) is 32.9 Å². The summed E-state index contributed by atoms with van der Waals surface area (Å²) in [5.41, 5.74) is 2.01. The summed E-state index contributed by atoms with van der Waals surface area (Å²) < 4.78 is 6.24. The van der Waals surface area contributed by atoms with Crippen molar-refractivity contribution in [1.82, 2.24) is 14.8 Å². The molecule has 0 aliphatic carbocycles. The van der Waals surface area contributed by atoms with Gasteiger partial charge in [0.1, 0.15) is 0 Å². The third kappa shape index (κ3) is 3.22. The maximum Gasteiger partial charge on any atom is 0.319 e. The first-order chi connectivity index (χ1) is 10.5. The topological polar surface area (TPSA) is 45.7 Å². The van der Waals surface area contributed by atoms with Gasteiger partial charge in [0.15, 0.2) is 0 Å². The Morgan fingerprint density at radius 1 is 1.50 bits per heavy atom. The number of nitrogens with zero attached hydrogens (tertiary/aromatic N) is 3. The van der Waals surface area contributed by atoms with Gasteiger partial charge in [-0.25, -0.2) is 4.79 Å². The highest BCUT2D eigenvalue weighted by molar-refractivity contribution is 8.01. The molecule has 0 radical (unpaired) electrons. The van der Waals surface area contributed by atoms with Gasteiger partial charge >= 0.3 is 6.03 Å².